The minimum Gasteiger partial charge on any atom is -0.741 e. The van der Waals surface area contributed by atoms with Crippen LogP contribution in [0.2, 0.25) is 0 Å². The van der Waals surface area contributed by atoms with E-state index >= 15 is 0 Å². The molecule has 0 bridgehead atoms. The molecular weight excluding hydrogens is 666 g/mol. The van der Waals surface area contributed by atoms with Gasteiger partial charge in [-0.05, 0) is 63.8 Å². The number of halogens is 6. The van der Waals surface area contributed by atoms with Crippen LogP contribution in [0.4, 0.5) is 32.2 Å². The Bertz CT molecular complexity index is 1700. The predicted octanol–water partition coefficient (Wildman–Crippen LogP) is 5.43. The van der Waals surface area contributed by atoms with Crippen molar-refractivity contribution < 1.29 is 56.9 Å². The third-order valence-corrected chi connectivity index (χ3v) is 6.90. The fraction of sp³-hybridized carbons (Fsp3) is 0.429. The molecular formula is C28H36F6N4O6S2. The zero-order valence-electron chi connectivity index (χ0n) is 26.8. The third-order valence-electron chi connectivity index (χ3n) is 5.77. The standard InChI is InChI=1S/C24H33N3.C2H3N.2CHF3O3S/c1-16-10-18(3)23(19(4)11-16)25-14-22(27(7,8)9)26(15-25)24-20(5)12-17(2)13-21(24)6;1-2-3;2*2-1(3,4)8(5,6)7/h10-15H,1-9H3;1H3;2*(H,5,6,7)/q+2;;;/p-2. The van der Waals surface area contributed by atoms with E-state index in [0.29, 0.717) is 0 Å². The van der Waals surface area contributed by atoms with Crippen molar-refractivity contribution in [2.75, 3.05) is 21.1 Å². The monoisotopic (exact) mass is 702 g/mol. The second-order valence-corrected chi connectivity index (χ2v) is 13.7. The molecule has 3 aromatic rings. The van der Waals surface area contributed by atoms with Gasteiger partial charge in [0.05, 0.1) is 27.2 Å². The maximum atomic E-state index is 10.7. The van der Waals surface area contributed by atoms with Gasteiger partial charge >= 0.3 is 16.8 Å². The summed E-state index contributed by atoms with van der Waals surface area (Å²) in [4.78, 5) is 0. The molecule has 0 atom stereocenters. The highest BCUT2D eigenvalue weighted by Gasteiger charge is 2.37. The Balaban J connectivity index is 0.000000874. The van der Waals surface area contributed by atoms with Crippen LogP contribution in [0.3, 0.4) is 0 Å². The molecule has 0 saturated heterocycles. The first kappa shape index (κ1) is 42.5. The van der Waals surface area contributed by atoms with Crippen LogP contribution in [0.1, 0.15) is 40.3 Å². The zero-order valence-corrected chi connectivity index (χ0v) is 28.4. The average Bonchev–Trinajstić information content (AvgIpc) is 3.21. The van der Waals surface area contributed by atoms with Gasteiger partial charge in [-0.3, -0.25) is 4.48 Å². The first-order valence-electron chi connectivity index (χ1n) is 12.9. The first-order valence-corrected chi connectivity index (χ1v) is 15.7. The van der Waals surface area contributed by atoms with Crippen LogP contribution < -0.4 is 9.05 Å². The molecule has 0 radical (unpaired) electrons. The van der Waals surface area contributed by atoms with Crippen LogP contribution in [0.25, 0.3) is 11.4 Å². The van der Waals surface area contributed by atoms with E-state index in [1.807, 2.05) is 0 Å². The van der Waals surface area contributed by atoms with Gasteiger partial charge < -0.3 is 9.11 Å². The minimum atomic E-state index is -6.09. The molecule has 18 heteroatoms. The van der Waals surface area contributed by atoms with E-state index in [0.717, 1.165) is 4.48 Å². The molecule has 0 aliphatic carbocycles. The Labute approximate surface area is 265 Å². The Morgan fingerprint density at radius 1 is 0.739 bits per heavy atom. The number of nitrogens with zero attached hydrogens (tertiary/aromatic N) is 4. The highest BCUT2D eigenvalue weighted by Crippen LogP contribution is 2.28. The van der Waals surface area contributed by atoms with Gasteiger partial charge in [-0.15, -0.1) is 4.57 Å². The van der Waals surface area contributed by atoms with Gasteiger partial charge in [-0.1, -0.05) is 35.4 Å². The lowest BCUT2D eigenvalue weighted by Crippen LogP contribution is -2.37. The summed E-state index contributed by atoms with van der Waals surface area (Å²) >= 11 is 0. The van der Waals surface area contributed by atoms with Crippen molar-refractivity contribution in [1.29, 1.82) is 5.26 Å². The molecule has 0 spiro atoms. The molecule has 0 aliphatic heterocycles. The number of rotatable bonds is 3. The van der Waals surface area contributed by atoms with Crippen LogP contribution in [0, 0.1) is 52.9 Å². The quantitative estimate of drug-likeness (QED) is 0.116. The van der Waals surface area contributed by atoms with Crippen LogP contribution in [-0.2, 0) is 20.2 Å². The van der Waals surface area contributed by atoms with Crippen LogP contribution in [-0.4, -0.2) is 62.7 Å². The van der Waals surface area contributed by atoms with Crippen molar-refractivity contribution in [3.8, 4) is 17.4 Å². The van der Waals surface area contributed by atoms with Crippen molar-refractivity contribution in [3.05, 3.63) is 70.2 Å². The van der Waals surface area contributed by atoms with E-state index in [1.54, 1.807) is 6.07 Å². The molecule has 1 heterocycles. The number of alkyl halides is 6. The van der Waals surface area contributed by atoms with Crippen molar-refractivity contribution in [2.45, 2.75) is 59.5 Å². The largest absolute Gasteiger partial charge is 0.741 e. The molecule has 258 valence electrons. The minimum absolute atomic E-state index is 0.754. The van der Waals surface area contributed by atoms with E-state index in [-0.39, 0.29) is 0 Å². The van der Waals surface area contributed by atoms with E-state index in [9.17, 15) is 26.3 Å². The Hall–Kier alpha value is -3.50. The normalized spacial score (nSPS) is 12.0. The van der Waals surface area contributed by atoms with Gasteiger partial charge in [0.25, 0.3) is 6.33 Å². The van der Waals surface area contributed by atoms with Crippen molar-refractivity contribution in [1.82, 2.24) is 9.05 Å². The lowest BCUT2D eigenvalue weighted by atomic mass is 10.0. The number of imidazole rings is 1. The number of benzene rings is 2. The number of hydrogen-bond acceptors (Lipinski definition) is 7. The topological polar surface area (TPSA) is 147 Å². The summed E-state index contributed by atoms with van der Waals surface area (Å²) in [6.07, 6.45) is 4.53. The van der Waals surface area contributed by atoms with Gasteiger partial charge in [-0.25, -0.2) is 16.8 Å². The molecule has 1 aromatic heterocycles. The van der Waals surface area contributed by atoms with Crippen molar-refractivity contribution in [3.63, 3.8) is 0 Å². The van der Waals surface area contributed by atoms with Gasteiger partial charge in [-0.2, -0.15) is 36.2 Å². The highest BCUT2D eigenvalue weighted by atomic mass is 32.2. The molecule has 3 rings (SSSR count). The Morgan fingerprint density at radius 3 is 1.28 bits per heavy atom. The molecule has 0 amide bonds. The maximum absolute atomic E-state index is 10.7. The van der Waals surface area contributed by atoms with Crippen LogP contribution >= 0.6 is 0 Å². The molecule has 0 unspecified atom stereocenters. The number of hydrogen-bond donors (Lipinski definition) is 0. The summed E-state index contributed by atoms with van der Waals surface area (Å²) in [7, 11) is -5.50. The molecule has 0 fully saturated rings. The summed E-state index contributed by atoms with van der Waals surface area (Å²) in [5.74, 6) is 1.25. The number of aryl methyl sites for hydroxylation is 6. The van der Waals surface area contributed by atoms with Crippen LogP contribution in [0.15, 0.2) is 36.8 Å². The fourth-order valence-electron chi connectivity index (χ4n) is 4.33. The van der Waals surface area contributed by atoms with Crippen molar-refractivity contribution in [2.24, 2.45) is 0 Å². The SMILES string of the molecule is CC#N.Cc1cc(C)c(-n2c[n+](-c3c(C)cc(C)cc3C)cc2[N+](C)(C)C)c(C)c1.O=S(=O)([O-])C(F)(F)F.O=S(=O)([O-])C(F)(F)F. The molecule has 0 saturated carbocycles. The predicted molar refractivity (Wildman–Crippen MR) is 158 cm³/mol. The lowest BCUT2D eigenvalue weighted by Gasteiger charge is -2.20. The fourth-order valence-corrected chi connectivity index (χ4v) is 4.33. The summed E-state index contributed by atoms with van der Waals surface area (Å²) in [5, 5.41) is 7.32. The van der Waals surface area contributed by atoms with E-state index in [1.165, 1.54) is 57.5 Å². The van der Waals surface area contributed by atoms with Gasteiger partial charge in [0.2, 0.25) is 6.20 Å². The molecule has 0 aliphatic rings. The second kappa shape index (κ2) is 15.4. The molecule has 46 heavy (non-hydrogen) atoms. The Morgan fingerprint density at radius 2 is 1.02 bits per heavy atom. The summed E-state index contributed by atoms with van der Waals surface area (Å²) in [6, 6.07) is 10.8. The molecule has 2 aromatic carbocycles. The summed E-state index contributed by atoms with van der Waals surface area (Å²) in [5.41, 5.74) is -0.887. The van der Waals surface area contributed by atoms with Crippen LogP contribution in [0.5, 0.6) is 0 Å². The maximum Gasteiger partial charge on any atom is 0.485 e. The summed E-state index contributed by atoms with van der Waals surface area (Å²) in [6.45, 7) is 14.6. The van der Waals surface area contributed by atoms with E-state index in [2.05, 4.69) is 109 Å². The number of quaternary nitrogens is 1. The van der Waals surface area contributed by atoms with E-state index in [4.69, 9.17) is 31.2 Å². The molecule has 10 nitrogen and oxygen atoms in total. The van der Waals surface area contributed by atoms with Gasteiger partial charge in [0.1, 0.15) is 11.4 Å². The van der Waals surface area contributed by atoms with Crippen molar-refractivity contribution >= 4 is 26.1 Å². The first-order chi connectivity index (χ1) is 20.4. The summed E-state index contributed by atoms with van der Waals surface area (Å²) < 4.78 is 123. The highest BCUT2D eigenvalue weighted by molar-refractivity contribution is 7.86. The Kier molecular flexibility index (Phi) is 14.2. The van der Waals surface area contributed by atoms with Gasteiger partial charge in [0, 0.05) is 6.92 Å². The second-order valence-electron chi connectivity index (χ2n) is 10.9. The number of aromatic nitrogens is 2. The molecule has 0 N–H and O–H groups in total. The number of nitriles is 1. The average molecular weight is 703 g/mol. The van der Waals surface area contributed by atoms with E-state index < -0.39 is 31.3 Å². The smallest absolute Gasteiger partial charge is 0.485 e. The van der Waals surface area contributed by atoms with Gasteiger partial charge in [0.15, 0.2) is 20.2 Å². The third kappa shape index (κ3) is 12.0. The lowest BCUT2D eigenvalue weighted by molar-refractivity contribution is -0.595. The zero-order chi connectivity index (χ0) is 36.8.